The fraction of sp³-hybridized carbons (Fsp3) is 0.150. The van der Waals surface area contributed by atoms with Gasteiger partial charge in [0.25, 0.3) is 15.9 Å². The van der Waals surface area contributed by atoms with Gasteiger partial charge in [-0.15, -0.1) is 0 Å². The predicted molar refractivity (Wildman–Crippen MR) is 113 cm³/mol. The Morgan fingerprint density at radius 1 is 1.10 bits per heavy atom. The normalized spacial score (nSPS) is 11.1. The number of benzene rings is 2. The molecule has 1 amide bonds. The Bertz CT molecular complexity index is 1120. The molecule has 3 N–H and O–H groups in total. The number of anilines is 2. The highest BCUT2D eigenvalue weighted by Crippen LogP contribution is 2.24. The Kier molecular flexibility index (Phi) is 6.14. The van der Waals surface area contributed by atoms with Crippen LogP contribution in [0.25, 0.3) is 0 Å². The third kappa shape index (κ3) is 5.10. The first kappa shape index (κ1) is 20.8. The Labute approximate surface area is 174 Å². The number of carbonyl (C=O) groups is 1. The zero-order valence-electron chi connectivity index (χ0n) is 15.8. The van der Waals surface area contributed by atoms with Crippen LogP contribution in [0.15, 0.2) is 59.6 Å². The van der Waals surface area contributed by atoms with Gasteiger partial charge in [-0.05, 0) is 61.9 Å². The van der Waals surface area contributed by atoms with Crippen molar-refractivity contribution in [1.82, 2.24) is 4.98 Å². The van der Waals surface area contributed by atoms with Gasteiger partial charge in [0.05, 0.1) is 16.5 Å². The summed E-state index contributed by atoms with van der Waals surface area (Å²) >= 11 is 5.81. The number of carbonyl (C=O) groups excluding carboxylic acids is 1. The summed E-state index contributed by atoms with van der Waals surface area (Å²) in [5, 5.41) is 3.06. The summed E-state index contributed by atoms with van der Waals surface area (Å²) in [6, 6.07) is 12.8. The highest BCUT2D eigenvalue weighted by Gasteiger charge is 2.19. The molecule has 0 aliphatic heterocycles. The highest BCUT2D eigenvalue weighted by atomic mass is 35.5. The molecule has 1 heterocycles. The lowest BCUT2D eigenvalue weighted by molar-refractivity contribution is 0.102. The van der Waals surface area contributed by atoms with Gasteiger partial charge in [-0.2, -0.15) is 0 Å². The van der Waals surface area contributed by atoms with E-state index < -0.39 is 15.9 Å². The second-order valence-electron chi connectivity index (χ2n) is 6.23. The lowest BCUT2D eigenvalue weighted by Crippen LogP contribution is -2.16. The molecule has 1 aromatic heterocycles. The van der Waals surface area contributed by atoms with Crippen LogP contribution in [0.1, 0.15) is 23.0 Å². The minimum atomic E-state index is -3.86. The molecule has 9 heteroatoms. The topological polar surface area (TPSA) is 100 Å². The highest BCUT2D eigenvalue weighted by molar-refractivity contribution is 7.92. The molecule has 152 valence electrons. The molecular weight excluding hydrogens is 414 g/mol. The lowest BCUT2D eigenvalue weighted by Gasteiger charge is -2.13. The Balaban J connectivity index is 1.81. The number of halogens is 1. The van der Waals surface area contributed by atoms with Gasteiger partial charge in [0.1, 0.15) is 11.4 Å². The predicted octanol–water partition coefficient (Wildman–Crippen LogP) is 4.43. The third-order valence-corrected chi connectivity index (χ3v) is 5.79. The first-order valence-corrected chi connectivity index (χ1v) is 10.7. The quantitative estimate of drug-likeness (QED) is 0.513. The fourth-order valence-electron chi connectivity index (χ4n) is 2.66. The maximum atomic E-state index is 12.9. The summed E-state index contributed by atoms with van der Waals surface area (Å²) in [5.41, 5.74) is 1.57. The number of aromatic nitrogens is 1. The SMILES string of the molecule is CCOc1ccc(NS(=O)(=O)c2cc(NC(=O)c3cc(Cl)c[nH]3)ccc2C)cc1. The van der Waals surface area contributed by atoms with Crippen molar-refractivity contribution >= 4 is 38.9 Å². The largest absolute Gasteiger partial charge is 0.494 e. The van der Waals surface area contributed by atoms with Crippen molar-refractivity contribution in [2.45, 2.75) is 18.7 Å². The summed E-state index contributed by atoms with van der Waals surface area (Å²) in [6.07, 6.45) is 1.49. The Morgan fingerprint density at radius 3 is 2.41 bits per heavy atom. The average molecular weight is 434 g/mol. The van der Waals surface area contributed by atoms with E-state index >= 15 is 0 Å². The monoisotopic (exact) mass is 433 g/mol. The standard InChI is InChI=1S/C20H20ClN3O4S/c1-3-28-17-8-6-15(7-9-17)24-29(26,27)19-11-16(5-4-13(19)2)23-20(25)18-10-14(21)12-22-18/h4-12,22,24H,3H2,1-2H3,(H,23,25). The number of ether oxygens (including phenoxy) is 1. The first-order valence-electron chi connectivity index (χ1n) is 8.80. The molecule has 3 rings (SSSR count). The molecule has 0 unspecified atom stereocenters. The van der Waals surface area contributed by atoms with Crippen LogP contribution >= 0.6 is 11.6 Å². The van der Waals surface area contributed by atoms with Gasteiger partial charge in [-0.25, -0.2) is 8.42 Å². The van der Waals surface area contributed by atoms with Gasteiger partial charge < -0.3 is 15.0 Å². The molecule has 7 nitrogen and oxygen atoms in total. The third-order valence-electron chi connectivity index (χ3n) is 4.05. The minimum Gasteiger partial charge on any atom is -0.494 e. The number of aromatic amines is 1. The molecule has 3 aromatic rings. The van der Waals surface area contributed by atoms with Crippen molar-refractivity contribution < 1.29 is 17.9 Å². The van der Waals surface area contributed by atoms with Crippen molar-refractivity contribution in [2.75, 3.05) is 16.6 Å². The number of nitrogens with one attached hydrogen (secondary N) is 3. The number of amides is 1. The number of hydrogen-bond acceptors (Lipinski definition) is 4. The van der Waals surface area contributed by atoms with Crippen LogP contribution in [-0.2, 0) is 10.0 Å². The molecule has 0 fully saturated rings. The van der Waals surface area contributed by atoms with E-state index in [-0.39, 0.29) is 10.6 Å². The van der Waals surface area contributed by atoms with Gasteiger partial charge in [-0.1, -0.05) is 17.7 Å². The average Bonchev–Trinajstić information content (AvgIpc) is 3.11. The molecule has 29 heavy (non-hydrogen) atoms. The van der Waals surface area contributed by atoms with E-state index in [1.165, 1.54) is 18.3 Å². The van der Waals surface area contributed by atoms with E-state index in [2.05, 4.69) is 15.0 Å². The van der Waals surface area contributed by atoms with Gasteiger partial charge in [0, 0.05) is 17.6 Å². The number of aryl methyl sites for hydroxylation is 1. The summed E-state index contributed by atoms with van der Waals surface area (Å²) < 4.78 is 33.6. The fourth-order valence-corrected chi connectivity index (χ4v) is 4.15. The van der Waals surface area contributed by atoms with E-state index in [1.807, 2.05) is 6.92 Å². The Hall–Kier alpha value is -2.97. The van der Waals surface area contributed by atoms with Gasteiger partial charge >= 0.3 is 0 Å². The second kappa shape index (κ2) is 8.59. The Morgan fingerprint density at radius 2 is 1.79 bits per heavy atom. The van der Waals surface area contributed by atoms with Crippen molar-refractivity contribution in [1.29, 1.82) is 0 Å². The molecule has 0 saturated heterocycles. The maximum absolute atomic E-state index is 12.9. The molecule has 0 aliphatic rings. The molecule has 0 saturated carbocycles. The molecular formula is C20H20ClN3O4S. The van der Waals surface area contributed by atoms with Crippen LogP contribution < -0.4 is 14.8 Å². The lowest BCUT2D eigenvalue weighted by atomic mass is 10.2. The van der Waals surface area contributed by atoms with Crippen LogP contribution in [0.2, 0.25) is 5.02 Å². The van der Waals surface area contributed by atoms with E-state index in [0.717, 1.165) is 0 Å². The van der Waals surface area contributed by atoms with E-state index in [4.69, 9.17) is 16.3 Å². The van der Waals surface area contributed by atoms with Crippen molar-refractivity contribution in [3.8, 4) is 5.75 Å². The van der Waals surface area contributed by atoms with E-state index in [1.54, 1.807) is 43.3 Å². The van der Waals surface area contributed by atoms with Crippen molar-refractivity contribution in [3.63, 3.8) is 0 Å². The van der Waals surface area contributed by atoms with Crippen molar-refractivity contribution in [3.05, 3.63) is 71.0 Å². The number of hydrogen-bond donors (Lipinski definition) is 3. The van der Waals surface area contributed by atoms with Crippen LogP contribution in [0.4, 0.5) is 11.4 Å². The summed E-state index contributed by atoms with van der Waals surface area (Å²) in [5.74, 6) is 0.226. The molecule has 0 radical (unpaired) electrons. The van der Waals surface area contributed by atoms with Crippen LogP contribution in [-0.4, -0.2) is 25.9 Å². The summed E-state index contributed by atoms with van der Waals surface area (Å²) in [6.45, 7) is 4.08. The number of sulfonamides is 1. The zero-order valence-corrected chi connectivity index (χ0v) is 17.4. The summed E-state index contributed by atoms with van der Waals surface area (Å²) in [4.78, 5) is 15.1. The minimum absolute atomic E-state index is 0.0636. The summed E-state index contributed by atoms with van der Waals surface area (Å²) in [7, 11) is -3.86. The zero-order chi connectivity index (χ0) is 21.0. The maximum Gasteiger partial charge on any atom is 0.272 e. The number of H-pyrrole nitrogens is 1. The molecule has 0 atom stereocenters. The molecule has 0 bridgehead atoms. The molecule has 2 aromatic carbocycles. The van der Waals surface area contributed by atoms with E-state index in [9.17, 15) is 13.2 Å². The van der Waals surface area contributed by atoms with E-state index in [0.29, 0.717) is 34.3 Å². The van der Waals surface area contributed by atoms with Crippen LogP contribution in [0.5, 0.6) is 5.75 Å². The first-order chi connectivity index (χ1) is 13.8. The van der Waals surface area contributed by atoms with Crippen LogP contribution in [0, 0.1) is 6.92 Å². The number of rotatable bonds is 7. The molecule has 0 spiro atoms. The molecule has 0 aliphatic carbocycles. The van der Waals surface area contributed by atoms with Gasteiger partial charge in [0.2, 0.25) is 0 Å². The van der Waals surface area contributed by atoms with Gasteiger partial charge in [-0.3, -0.25) is 9.52 Å². The smallest absolute Gasteiger partial charge is 0.272 e. The second-order valence-corrected chi connectivity index (χ2v) is 8.32. The van der Waals surface area contributed by atoms with Crippen LogP contribution in [0.3, 0.4) is 0 Å². The van der Waals surface area contributed by atoms with Gasteiger partial charge in [0.15, 0.2) is 0 Å². The van der Waals surface area contributed by atoms with Crippen molar-refractivity contribution in [2.24, 2.45) is 0 Å².